The van der Waals surface area contributed by atoms with E-state index in [9.17, 15) is 4.79 Å². The number of nitrogens with one attached hydrogen (secondary N) is 3. The van der Waals surface area contributed by atoms with Crippen molar-refractivity contribution in [3.05, 3.63) is 47.0 Å². The summed E-state index contributed by atoms with van der Waals surface area (Å²) in [6.45, 7) is 0. The summed E-state index contributed by atoms with van der Waals surface area (Å²) in [4.78, 5) is 12.4. The number of nitrogens with zero attached hydrogens (tertiary/aromatic N) is 2. The number of nitriles is 1. The fourth-order valence-corrected chi connectivity index (χ4v) is 3.61. The molecule has 4 rings (SSSR count). The van der Waals surface area contributed by atoms with E-state index in [1.165, 1.54) is 0 Å². The highest BCUT2D eigenvalue weighted by atomic mass is 35.5. The van der Waals surface area contributed by atoms with Crippen LogP contribution in [-0.4, -0.2) is 29.2 Å². The van der Waals surface area contributed by atoms with Crippen LogP contribution in [0, 0.1) is 17.2 Å². The fourth-order valence-electron chi connectivity index (χ4n) is 3.38. The second-order valence-electron chi connectivity index (χ2n) is 6.78. The van der Waals surface area contributed by atoms with Gasteiger partial charge in [0.25, 0.3) is 0 Å². The van der Waals surface area contributed by atoms with Gasteiger partial charge in [-0.05, 0) is 55.8 Å². The van der Waals surface area contributed by atoms with Crippen LogP contribution in [0.25, 0.3) is 22.0 Å². The number of halogens is 1. The van der Waals surface area contributed by atoms with Gasteiger partial charge in [0, 0.05) is 27.9 Å². The molecule has 0 saturated heterocycles. The highest BCUT2D eigenvalue weighted by Crippen LogP contribution is 2.33. The van der Waals surface area contributed by atoms with Gasteiger partial charge in [0.05, 0.1) is 17.1 Å². The fraction of sp³-hybridized carbons (Fsp3) is 0.250. The number of fused-ring (bicyclic) bond motifs is 1. The van der Waals surface area contributed by atoms with E-state index in [2.05, 4.69) is 26.9 Å². The van der Waals surface area contributed by atoms with Crippen LogP contribution in [0.1, 0.15) is 18.4 Å². The Labute approximate surface area is 161 Å². The first-order valence-corrected chi connectivity index (χ1v) is 9.13. The molecule has 7 heteroatoms. The summed E-state index contributed by atoms with van der Waals surface area (Å²) in [6.07, 6.45) is 1.68. The Kier molecular flexibility index (Phi) is 4.56. The minimum Gasteiger partial charge on any atom is -0.317 e. The second-order valence-corrected chi connectivity index (χ2v) is 7.19. The molecule has 1 aliphatic rings. The number of H-pyrrole nitrogens is 1. The van der Waals surface area contributed by atoms with Crippen LogP contribution in [0.4, 0.5) is 5.82 Å². The van der Waals surface area contributed by atoms with E-state index in [4.69, 9.17) is 16.9 Å². The lowest BCUT2D eigenvalue weighted by Gasteiger charge is -2.33. The number of amides is 1. The van der Waals surface area contributed by atoms with E-state index in [0.29, 0.717) is 22.4 Å². The van der Waals surface area contributed by atoms with Crippen LogP contribution in [0.15, 0.2) is 36.4 Å². The molecule has 1 fully saturated rings. The largest absolute Gasteiger partial charge is 0.317 e. The van der Waals surface area contributed by atoms with Crippen molar-refractivity contribution < 1.29 is 4.79 Å². The Balaban J connectivity index is 1.64. The Morgan fingerprint density at radius 2 is 2.11 bits per heavy atom. The number of carbonyl (C=O) groups is 1. The van der Waals surface area contributed by atoms with Gasteiger partial charge in [-0.2, -0.15) is 10.4 Å². The maximum Gasteiger partial charge on any atom is 0.228 e. The lowest BCUT2D eigenvalue weighted by Crippen LogP contribution is -2.44. The van der Waals surface area contributed by atoms with Crippen molar-refractivity contribution in [1.82, 2.24) is 15.5 Å². The van der Waals surface area contributed by atoms with Crippen molar-refractivity contribution in [2.45, 2.75) is 18.9 Å². The molecule has 2 aromatic carbocycles. The van der Waals surface area contributed by atoms with Crippen LogP contribution < -0.4 is 10.6 Å². The second kappa shape index (κ2) is 7.03. The number of aromatic nitrogens is 2. The van der Waals surface area contributed by atoms with Crippen LogP contribution >= 0.6 is 11.6 Å². The number of aromatic amines is 1. The highest BCUT2D eigenvalue weighted by Gasteiger charge is 2.33. The van der Waals surface area contributed by atoms with E-state index in [1.54, 1.807) is 18.2 Å². The summed E-state index contributed by atoms with van der Waals surface area (Å²) in [5.41, 5.74) is 3.00. The lowest BCUT2D eigenvalue weighted by molar-refractivity contribution is -0.122. The molecule has 1 aromatic heterocycles. The van der Waals surface area contributed by atoms with Gasteiger partial charge < -0.3 is 10.6 Å². The van der Waals surface area contributed by atoms with E-state index in [0.717, 1.165) is 34.9 Å². The third kappa shape index (κ3) is 3.27. The van der Waals surface area contributed by atoms with Crippen molar-refractivity contribution in [3.63, 3.8) is 0 Å². The maximum atomic E-state index is 12.4. The predicted molar refractivity (Wildman–Crippen MR) is 105 cm³/mol. The van der Waals surface area contributed by atoms with Gasteiger partial charge in [0.15, 0.2) is 5.82 Å². The van der Waals surface area contributed by atoms with Crippen molar-refractivity contribution in [1.29, 1.82) is 5.26 Å². The van der Waals surface area contributed by atoms with E-state index in [1.807, 2.05) is 25.2 Å². The Morgan fingerprint density at radius 3 is 2.85 bits per heavy atom. The van der Waals surface area contributed by atoms with Gasteiger partial charge in [-0.3, -0.25) is 9.89 Å². The normalized spacial score (nSPS) is 18.7. The average molecular weight is 380 g/mol. The Hall–Kier alpha value is -2.88. The molecule has 0 unspecified atom stereocenters. The van der Waals surface area contributed by atoms with Gasteiger partial charge in [0.1, 0.15) is 0 Å². The van der Waals surface area contributed by atoms with Crippen LogP contribution in [0.3, 0.4) is 0 Å². The average Bonchev–Trinajstić information content (AvgIpc) is 3.03. The van der Waals surface area contributed by atoms with Crippen LogP contribution in [-0.2, 0) is 4.79 Å². The third-order valence-corrected chi connectivity index (χ3v) is 5.46. The Bertz CT molecular complexity index is 1060. The molecule has 1 amide bonds. The number of benzene rings is 2. The highest BCUT2D eigenvalue weighted by molar-refractivity contribution is 6.33. The first-order valence-electron chi connectivity index (χ1n) is 8.75. The zero-order valence-electron chi connectivity index (χ0n) is 14.7. The Morgan fingerprint density at radius 1 is 1.30 bits per heavy atom. The van der Waals surface area contributed by atoms with Crippen molar-refractivity contribution in [2.75, 3.05) is 12.4 Å². The van der Waals surface area contributed by atoms with Crippen LogP contribution in [0.2, 0.25) is 5.02 Å². The zero-order chi connectivity index (χ0) is 19.0. The summed E-state index contributed by atoms with van der Waals surface area (Å²) < 4.78 is 0. The number of rotatable bonds is 4. The third-order valence-electron chi connectivity index (χ3n) is 5.13. The molecular formula is C20H18ClN5O. The summed E-state index contributed by atoms with van der Waals surface area (Å²) in [5.74, 6) is 0.515. The summed E-state index contributed by atoms with van der Waals surface area (Å²) in [6, 6.07) is 13.4. The summed E-state index contributed by atoms with van der Waals surface area (Å²) in [5, 5.41) is 23.8. The molecule has 27 heavy (non-hydrogen) atoms. The smallest absolute Gasteiger partial charge is 0.228 e. The van der Waals surface area contributed by atoms with E-state index in [-0.39, 0.29) is 11.8 Å². The number of hydrogen-bond donors (Lipinski definition) is 3. The molecule has 0 aliphatic heterocycles. The molecular weight excluding hydrogens is 362 g/mol. The molecule has 1 aliphatic carbocycles. The molecule has 0 radical (unpaired) electrons. The van der Waals surface area contributed by atoms with E-state index >= 15 is 0 Å². The summed E-state index contributed by atoms with van der Waals surface area (Å²) >= 11 is 6.32. The first kappa shape index (κ1) is 17.5. The first-order chi connectivity index (χ1) is 13.1. The minimum atomic E-state index is -0.00943. The number of carbonyl (C=O) groups excluding carboxylic acids is 1. The van der Waals surface area contributed by atoms with Gasteiger partial charge in [-0.25, -0.2) is 0 Å². The number of anilines is 1. The topological polar surface area (TPSA) is 93.6 Å². The SMILES string of the molecule is CNC1CC(C(=O)Nc2n[nH]c3ccc(-c4cc(C#N)ccc4Cl)cc23)C1. The van der Waals surface area contributed by atoms with Gasteiger partial charge in [-0.1, -0.05) is 17.7 Å². The van der Waals surface area contributed by atoms with Crippen molar-refractivity contribution >= 4 is 34.2 Å². The molecule has 0 spiro atoms. The zero-order valence-corrected chi connectivity index (χ0v) is 15.5. The van der Waals surface area contributed by atoms with E-state index < -0.39 is 0 Å². The quantitative estimate of drug-likeness (QED) is 0.644. The predicted octanol–water partition coefficient (Wildman–Crippen LogP) is 3.69. The molecule has 1 heterocycles. The molecule has 0 atom stereocenters. The van der Waals surface area contributed by atoms with Crippen molar-refractivity contribution in [3.8, 4) is 17.2 Å². The monoisotopic (exact) mass is 379 g/mol. The van der Waals surface area contributed by atoms with Crippen molar-refractivity contribution in [2.24, 2.45) is 5.92 Å². The van der Waals surface area contributed by atoms with Crippen LogP contribution in [0.5, 0.6) is 0 Å². The molecule has 3 N–H and O–H groups in total. The molecule has 136 valence electrons. The molecule has 0 bridgehead atoms. The molecule has 1 saturated carbocycles. The number of hydrogen-bond acceptors (Lipinski definition) is 4. The van der Waals surface area contributed by atoms with Gasteiger partial charge in [-0.15, -0.1) is 0 Å². The maximum absolute atomic E-state index is 12.4. The van der Waals surface area contributed by atoms with Gasteiger partial charge in [0.2, 0.25) is 5.91 Å². The standard InChI is InChI=1S/C20H18ClN5O/c1-23-14-7-13(8-14)20(27)24-19-16-9-12(3-5-18(16)25-26-19)15-6-11(10-22)2-4-17(15)21/h2-6,9,13-14,23H,7-8H2,1H3,(H2,24,25,26,27). The molecule has 6 nitrogen and oxygen atoms in total. The molecule has 3 aromatic rings. The lowest BCUT2D eigenvalue weighted by atomic mass is 9.80. The van der Waals surface area contributed by atoms with Gasteiger partial charge >= 0.3 is 0 Å². The summed E-state index contributed by atoms with van der Waals surface area (Å²) in [7, 11) is 1.91. The minimum absolute atomic E-state index is 0.00943.